The van der Waals surface area contributed by atoms with Crippen molar-refractivity contribution in [1.29, 1.82) is 0 Å². The Bertz CT molecular complexity index is 220. The molecule has 4 unspecified atom stereocenters. The molecule has 0 aromatic heterocycles. The summed E-state index contributed by atoms with van der Waals surface area (Å²) in [6, 6.07) is 0.155. The molecule has 2 aliphatic heterocycles. The van der Waals surface area contributed by atoms with E-state index < -0.39 is 0 Å². The summed E-state index contributed by atoms with van der Waals surface area (Å²) in [6.45, 7) is 5.99. The molecule has 0 aromatic rings. The molecule has 0 amide bonds. The number of hydrogen-bond acceptors (Lipinski definition) is 2. The standard InChI is InChI=1S/C9H13NO/c1-5-7-3-4-8(11-7)9(5)6(2)10/h3-4,6-9H,1,10H2,2H3. The van der Waals surface area contributed by atoms with Crippen molar-refractivity contribution in [2.24, 2.45) is 11.7 Å². The fourth-order valence-electron chi connectivity index (χ4n) is 1.92. The first kappa shape index (κ1) is 7.07. The molecule has 2 bridgehead atoms. The Kier molecular flexibility index (Phi) is 1.41. The van der Waals surface area contributed by atoms with E-state index in [9.17, 15) is 0 Å². The lowest BCUT2D eigenvalue weighted by Gasteiger charge is -2.20. The third-order valence-corrected chi connectivity index (χ3v) is 2.49. The molecule has 1 saturated heterocycles. The van der Waals surface area contributed by atoms with Gasteiger partial charge in [-0.05, 0) is 12.5 Å². The molecule has 60 valence electrons. The van der Waals surface area contributed by atoms with Gasteiger partial charge in [0.05, 0.1) is 12.2 Å². The van der Waals surface area contributed by atoms with E-state index in [1.165, 1.54) is 0 Å². The molecule has 2 N–H and O–H groups in total. The van der Waals surface area contributed by atoms with Crippen molar-refractivity contribution in [3.63, 3.8) is 0 Å². The Morgan fingerprint density at radius 3 is 2.73 bits per heavy atom. The molecule has 4 atom stereocenters. The largest absolute Gasteiger partial charge is 0.362 e. The van der Waals surface area contributed by atoms with Crippen LogP contribution in [0.15, 0.2) is 24.3 Å². The van der Waals surface area contributed by atoms with Gasteiger partial charge in [-0.2, -0.15) is 0 Å². The molecule has 1 fully saturated rings. The van der Waals surface area contributed by atoms with E-state index in [1.807, 2.05) is 6.92 Å². The third-order valence-electron chi connectivity index (χ3n) is 2.49. The average Bonchev–Trinajstić information content (AvgIpc) is 2.44. The molecule has 0 radical (unpaired) electrons. The Balaban J connectivity index is 2.25. The molecule has 2 heteroatoms. The van der Waals surface area contributed by atoms with E-state index in [0.717, 1.165) is 5.57 Å². The molecule has 11 heavy (non-hydrogen) atoms. The topological polar surface area (TPSA) is 35.2 Å². The van der Waals surface area contributed by atoms with E-state index in [2.05, 4.69) is 18.7 Å². The van der Waals surface area contributed by atoms with Gasteiger partial charge in [-0.15, -0.1) is 0 Å². The van der Waals surface area contributed by atoms with Gasteiger partial charge in [0.25, 0.3) is 0 Å². The highest BCUT2D eigenvalue weighted by Gasteiger charge is 2.41. The van der Waals surface area contributed by atoms with Crippen LogP contribution in [0.3, 0.4) is 0 Å². The highest BCUT2D eigenvalue weighted by atomic mass is 16.5. The van der Waals surface area contributed by atoms with Crippen LogP contribution in [0.5, 0.6) is 0 Å². The minimum absolute atomic E-state index is 0.149. The zero-order valence-corrected chi connectivity index (χ0v) is 6.66. The molecule has 2 heterocycles. The molecular weight excluding hydrogens is 138 g/mol. The van der Waals surface area contributed by atoms with Gasteiger partial charge in [-0.25, -0.2) is 0 Å². The molecule has 2 nitrogen and oxygen atoms in total. The van der Waals surface area contributed by atoms with Crippen molar-refractivity contribution in [3.05, 3.63) is 24.3 Å². The van der Waals surface area contributed by atoms with E-state index in [0.29, 0.717) is 5.92 Å². The van der Waals surface area contributed by atoms with Gasteiger partial charge in [-0.3, -0.25) is 0 Å². The lowest BCUT2D eigenvalue weighted by molar-refractivity contribution is 0.108. The number of rotatable bonds is 1. The first-order chi connectivity index (χ1) is 5.20. The summed E-state index contributed by atoms with van der Waals surface area (Å²) in [5.74, 6) is 0.338. The summed E-state index contributed by atoms with van der Waals surface area (Å²) in [6.07, 6.45) is 4.50. The zero-order valence-electron chi connectivity index (χ0n) is 6.66. The summed E-state index contributed by atoms with van der Waals surface area (Å²) >= 11 is 0. The van der Waals surface area contributed by atoms with Gasteiger partial charge in [0.1, 0.15) is 0 Å². The van der Waals surface area contributed by atoms with Crippen LogP contribution < -0.4 is 5.73 Å². The Morgan fingerprint density at radius 2 is 2.36 bits per heavy atom. The SMILES string of the molecule is C=C1C2C=CC(O2)C1C(C)N. The average molecular weight is 151 g/mol. The van der Waals surface area contributed by atoms with Crippen LogP contribution >= 0.6 is 0 Å². The molecule has 0 spiro atoms. The Labute approximate surface area is 66.7 Å². The normalized spacial score (nSPS) is 43.5. The van der Waals surface area contributed by atoms with Crippen molar-refractivity contribution in [2.45, 2.75) is 25.2 Å². The first-order valence-electron chi connectivity index (χ1n) is 3.98. The van der Waals surface area contributed by atoms with Gasteiger partial charge < -0.3 is 10.5 Å². The molecule has 0 aromatic carbocycles. The van der Waals surface area contributed by atoms with Crippen LogP contribution in [0.4, 0.5) is 0 Å². The third kappa shape index (κ3) is 0.865. The van der Waals surface area contributed by atoms with E-state index in [-0.39, 0.29) is 18.2 Å². The van der Waals surface area contributed by atoms with Crippen molar-refractivity contribution in [2.75, 3.05) is 0 Å². The maximum atomic E-state index is 5.80. The maximum Gasteiger partial charge on any atom is 0.0977 e. The van der Waals surface area contributed by atoms with Gasteiger partial charge >= 0.3 is 0 Å². The predicted octanol–water partition coefficient (Wildman–Crippen LogP) is 0.843. The lowest BCUT2D eigenvalue weighted by atomic mass is 9.85. The number of ether oxygens (including phenoxy) is 1. The van der Waals surface area contributed by atoms with E-state index >= 15 is 0 Å². The highest BCUT2D eigenvalue weighted by Crippen LogP contribution is 2.38. The Hall–Kier alpha value is -0.600. The fraction of sp³-hybridized carbons (Fsp3) is 0.556. The summed E-state index contributed by atoms with van der Waals surface area (Å²) in [4.78, 5) is 0. The van der Waals surface area contributed by atoms with Gasteiger partial charge in [-0.1, -0.05) is 18.7 Å². The van der Waals surface area contributed by atoms with Gasteiger partial charge in [0, 0.05) is 12.0 Å². The second-order valence-electron chi connectivity index (χ2n) is 3.37. The van der Waals surface area contributed by atoms with Crippen molar-refractivity contribution < 1.29 is 4.74 Å². The summed E-state index contributed by atoms with van der Waals surface area (Å²) in [5, 5.41) is 0. The fourth-order valence-corrected chi connectivity index (χ4v) is 1.92. The van der Waals surface area contributed by atoms with Crippen LogP contribution in [-0.4, -0.2) is 18.2 Å². The smallest absolute Gasteiger partial charge is 0.0977 e. The molecule has 2 aliphatic rings. The second kappa shape index (κ2) is 2.19. The number of nitrogens with two attached hydrogens (primary N) is 1. The van der Waals surface area contributed by atoms with E-state index in [1.54, 1.807) is 0 Å². The highest BCUT2D eigenvalue weighted by molar-refractivity contribution is 5.31. The summed E-state index contributed by atoms with van der Waals surface area (Å²) in [5.41, 5.74) is 6.95. The van der Waals surface area contributed by atoms with Crippen LogP contribution in [0.2, 0.25) is 0 Å². The first-order valence-corrected chi connectivity index (χ1v) is 3.98. The predicted molar refractivity (Wildman–Crippen MR) is 44.1 cm³/mol. The number of fused-ring (bicyclic) bond motifs is 2. The quantitative estimate of drug-likeness (QED) is 0.564. The molecule has 2 rings (SSSR count). The molecule has 0 saturated carbocycles. The van der Waals surface area contributed by atoms with Gasteiger partial charge in [0.2, 0.25) is 0 Å². The van der Waals surface area contributed by atoms with Crippen LogP contribution in [-0.2, 0) is 4.74 Å². The van der Waals surface area contributed by atoms with Gasteiger partial charge in [0.15, 0.2) is 0 Å². The van der Waals surface area contributed by atoms with Crippen LogP contribution in [0, 0.1) is 5.92 Å². The lowest BCUT2D eigenvalue weighted by Crippen LogP contribution is -2.33. The van der Waals surface area contributed by atoms with E-state index in [4.69, 9.17) is 10.5 Å². The molecular formula is C9H13NO. The molecule has 0 aliphatic carbocycles. The summed E-state index contributed by atoms with van der Waals surface area (Å²) < 4.78 is 5.57. The van der Waals surface area contributed by atoms with Crippen molar-refractivity contribution >= 4 is 0 Å². The monoisotopic (exact) mass is 151 g/mol. The van der Waals surface area contributed by atoms with Crippen molar-refractivity contribution in [1.82, 2.24) is 0 Å². The minimum Gasteiger partial charge on any atom is -0.362 e. The zero-order chi connectivity index (χ0) is 8.01. The van der Waals surface area contributed by atoms with Crippen molar-refractivity contribution in [3.8, 4) is 0 Å². The Morgan fingerprint density at radius 1 is 1.64 bits per heavy atom. The number of hydrogen-bond donors (Lipinski definition) is 1. The maximum absolute atomic E-state index is 5.80. The summed E-state index contributed by atoms with van der Waals surface area (Å²) in [7, 11) is 0. The van der Waals surface area contributed by atoms with Crippen LogP contribution in [0.1, 0.15) is 6.92 Å². The second-order valence-corrected chi connectivity index (χ2v) is 3.37. The minimum atomic E-state index is 0.149. The van der Waals surface area contributed by atoms with Crippen LogP contribution in [0.25, 0.3) is 0 Å².